The second kappa shape index (κ2) is 7.40. The summed E-state index contributed by atoms with van der Waals surface area (Å²) in [5.74, 6) is 0. The molecule has 3 N–H and O–H groups in total. The first-order chi connectivity index (χ1) is 9.24. The smallest absolute Gasteiger partial charge is 0.395 e. The van der Waals surface area contributed by atoms with Gasteiger partial charge in [0.2, 0.25) is 0 Å². The third kappa shape index (κ3) is 5.40. The van der Waals surface area contributed by atoms with Gasteiger partial charge in [-0.3, -0.25) is 4.90 Å². The fourth-order valence-corrected chi connectivity index (χ4v) is 2.63. The van der Waals surface area contributed by atoms with E-state index in [4.69, 9.17) is 10.8 Å². The molecule has 1 aromatic carbocycles. The topological polar surface area (TPSA) is 49.5 Å². The fourth-order valence-electron chi connectivity index (χ4n) is 2.21. The molecular weight excluding hydrogens is 337 g/mol. The molecule has 7 heteroatoms. The Morgan fingerprint density at radius 3 is 2.50 bits per heavy atom. The van der Waals surface area contributed by atoms with Crippen molar-refractivity contribution in [3.05, 3.63) is 34.3 Å². The minimum Gasteiger partial charge on any atom is -0.395 e. The van der Waals surface area contributed by atoms with Crippen molar-refractivity contribution in [3.63, 3.8) is 0 Å². The van der Waals surface area contributed by atoms with Crippen molar-refractivity contribution in [2.24, 2.45) is 5.73 Å². The lowest BCUT2D eigenvalue weighted by Crippen LogP contribution is -2.45. The van der Waals surface area contributed by atoms with Gasteiger partial charge in [-0.2, -0.15) is 13.2 Å². The van der Waals surface area contributed by atoms with Gasteiger partial charge in [-0.1, -0.05) is 28.1 Å². The van der Waals surface area contributed by atoms with Crippen LogP contribution in [0.4, 0.5) is 13.2 Å². The van der Waals surface area contributed by atoms with Gasteiger partial charge in [-0.15, -0.1) is 0 Å². The first kappa shape index (κ1) is 17.4. The molecule has 0 heterocycles. The number of aliphatic hydroxyl groups excluding tert-OH is 1. The summed E-state index contributed by atoms with van der Waals surface area (Å²) in [5.41, 5.74) is 6.55. The van der Waals surface area contributed by atoms with E-state index in [2.05, 4.69) is 15.9 Å². The minimum absolute atomic E-state index is 0.0851. The molecule has 0 radical (unpaired) electrons. The number of nitrogens with zero attached hydrogens (tertiary/aromatic N) is 1. The van der Waals surface area contributed by atoms with Gasteiger partial charge in [-0.05, 0) is 24.6 Å². The zero-order valence-corrected chi connectivity index (χ0v) is 12.7. The summed E-state index contributed by atoms with van der Waals surface area (Å²) < 4.78 is 38.8. The molecule has 0 saturated heterocycles. The molecule has 0 saturated carbocycles. The van der Waals surface area contributed by atoms with E-state index >= 15 is 0 Å². The molecule has 1 aromatic rings. The Hall–Kier alpha value is -0.630. The SMILES string of the molecule is CC(N)C(c1cccc(Br)c1)N(CCO)CC(F)(F)F. The minimum atomic E-state index is -4.34. The van der Waals surface area contributed by atoms with Gasteiger partial charge in [0.05, 0.1) is 19.2 Å². The summed E-state index contributed by atoms with van der Waals surface area (Å²) in [6.45, 7) is 0.115. The van der Waals surface area contributed by atoms with Crippen molar-refractivity contribution in [1.82, 2.24) is 4.90 Å². The third-order valence-corrected chi connectivity index (χ3v) is 3.34. The number of benzene rings is 1. The quantitative estimate of drug-likeness (QED) is 0.825. The lowest BCUT2D eigenvalue weighted by atomic mass is 9.99. The Balaban J connectivity index is 3.08. The molecule has 0 bridgehead atoms. The van der Waals surface area contributed by atoms with Crippen LogP contribution in [0.1, 0.15) is 18.5 Å². The predicted octanol–water partition coefficient (Wildman–Crippen LogP) is 2.69. The number of aliphatic hydroxyl groups is 1. The molecule has 2 unspecified atom stereocenters. The van der Waals surface area contributed by atoms with Gasteiger partial charge in [0, 0.05) is 17.1 Å². The molecule has 0 aliphatic carbocycles. The summed E-state index contributed by atoms with van der Waals surface area (Å²) >= 11 is 3.30. The Morgan fingerprint density at radius 1 is 1.40 bits per heavy atom. The van der Waals surface area contributed by atoms with Gasteiger partial charge in [-0.25, -0.2) is 0 Å². The van der Waals surface area contributed by atoms with Crippen molar-refractivity contribution >= 4 is 15.9 Å². The van der Waals surface area contributed by atoms with E-state index in [0.29, 0.717) is 5.56 Å². The van der Waals surface area contributed by atoms with Crippen LogP contribution in [0.5, 0.6) is 0 Å². The number of rotatable bonds is 6. The zero-order chi connectivity index (χ0) is 15.3. The van der Waals surface area contributed by atoms with Gasteiger partial charge >= 0.3 is 6.18 Å². The summed E-state index contributed by atoms with van der Waals surface area (Å²) in [4.78, 5) is 1.16. The van der Waals surface area contributed by atoms with E-state index in [1.807, 2.05) is 0 Å². The lowest BCUT2D eigenvalue weighted by Gasteiger charge is -2.34. The average molecular weight is 355 g/mol. The first-order valence-corrected chi connectivity index (χ1v) is 6.96. The molecule has 114 valence electrons. The molecule has 3 nitrogen and oxygen atoms in total. The second-order valence-electron chi connectivity index (χ2n) is 4.67. The monoisotopic (exact) mass is 354 g/mol. The van der Waals surface area contributed by atoms with Crippen LogP contribution in [-0.2, 0) is 0 Å². The lowest BCUT2D eigenvalue weighted by molar-refractivity contribution is -0.153. The van der Waals surface area contributed by atoms with Crippen molar-refractivity contribution < 1.29 is 18.3 Å². The normalized spacial score (nSPS) is 15.4. The van der Waals surface area contributed by atoms with E-state index in [-0.39, 0.29) is 13.2 Å². The largest absolute Gasteiger partial charge is 0.401 e. The van der Waals surface area contributed by atoms with Crippen LogP contribution in [-0.4, -0.2) is 41.9 Å². The van der Waals surface area contributed by atoms with Crippen molar-refractivity contribution in [3.8, 4) is 0 Å². The Kier molecular flexibility index (Phi) is 6.44. The second-order valence-corrected chi connectivity index (χ2v) is 5.58. The maximum Gasteiger partial charge on any atom is 0.401 e. The van der Waals surface area contributed by atoms with Gasteiger partial charge in [0.1, 0.15) is 0 Å². The Bertz CT molecular complexity index is 426. The van der Waals surface area contributed by atoms with E-state index in [9.17, 15) is 13.2 Å². The van der Waals surface area contributed by atoms with Gasteiger partial charge in [0.15, 0.2) is 0 Å². The van der Waals surface area contributed by atoms with E-state index in [0.717, 1.165) is 9.37 Å². The number of halogens is 4. The number of nitrogens with two attached hydrogens (primary N) is 1. The maximum absolute atomic E-state index is 12.7. The highest BCUT2D eigenvalue weighted by atomic mass is 79.9. The van der Waals surface area contributed by atoms with Crippen LogP contribution in [0.15, 0.2) is 28.7 Å². The average Bonchev–Trinajstić information content (AvgIpc) is 2.26. The van der Waals surface area contributed by atoms with Crippen LogP contribution in [0.2, 0.25) is 0 Å². The summed E-state index contributed by atoms with van der Waals surface area (Å²) in [7, 11) is 0. The maximum atomic E-state index is 12.7. The first-order valence-electron chi connectivity index (χ1n) is 6.17. The Labute approximate surface area is 124 Å². The Morgan fingerprint density at radius 2 is 2.05 bits per heavy atom. The molecule has 0 aliphatic rings. The van der Waals surface area contributed by atoms with E-state index in [1.54, 1.807) is 31.2 Å². The van der Waals surface area contributed by atoms with Gasteiger partial charge < -0.3 is 10.8 Å². The highest BCUT2D eigenvalue weighted by Gasteiger charge is 2.35. The standard InChI is InChI=1S/C13H18BrF3N2O/c1-9(18)12(10-3-2-4-11(14)7-10)19(5-6-20)8-13(15,16)17/h2-4,7,9,12,20H,5-6,8,18H2,1H3. The van der Waals surface area contributed by atoms with E-state index in [1.165, 1.54) is 0 Å². The number of alkyl halides is 3. The van der Waals surface area contributed by atoms with Crippen molar-refractivity contribution in [2.75, 3.05) is 19.7 Å². The van der Waals surface area contributed by atoms with Crippen LogP contribution in [0.3, 0.4) is 0 Å². The summed E-state index contributed by atoms with van der Waals surface area (Å²) in [5, 5.41) is 9.01. The van der Waals surface area contributed by atoms with Crippen LogP contribution >= 0.6 is 15.9 Å². The summed E-state index contributed by atoms with van der Waals surface area (Å²) in [6, 6.07) is 5.91. The molecule has 0 fully saturated rings. The molecule has 0 spiro atoms. The highest BCUT2D eigenvalue weighted by Crippen LogP contribution is 2.29. The van der Waals surface area contributed by atoms with Crippen LogP contribution in [0, 0.1) is 0 Å². The molecule has 0 amide bonds. The predicted molar refractivity (Wildman–Crippen MR) is 75.2 cm³/mol. The van der Waals surface area contributed by atoms with Crippen molar-refractivity contribution in [2.45, 2.75) is 25.2 Å². The van der Waals surface area contributed by atoms with Crippen LogP contribution in [0.25, 0.3) is 0 Å². The van der Waals surface area contributed by atoms with Crippen LogP contribution < -0.4 is 5.73 Å². The van der Waals surface area contributed by atoms with Gasteiger partial charge in [0.25, 0.3) is 0 Å². The molecule has 1 rings (SSSR count). The summed E-state index contributed by atoms with van der Waals surface area (Å²) in [6.07, 6.45) is -4.34. The van der Waals surface area contributed by atoms with E-state index < -0.39 is 24.8 Å². The molecule has 0 aliphatic heterocycles. The highest BCUT2D eigenvalue weighted by molar-refractivity contribution is 9.10. The third-order valence-electron chi connectivity index (χ3n) is 2.85. The molecular formula is C13H18BrF3N2O. The molecule has 2 atom stereocenters. The zero-order valence-electron chi connectivity index (χ0n) is 11.1. The molecule has 0 aromatic heterocycles. The molecule has 20 heavy (non-hydrogen) atoms. The number of hydrogen-bond acceptors (Lipinski definition) is 3. The fraction of sp³-hybridized carbons (Fsp3) is 0.538. The number of hydrogen-bond donors (Lipinski definition) is 2. The van der Waals surface area contributed by atoms with Crippen molar-refractivity contribution in [1.29, 1.82) is 0 Å².